The molecule has 0 radical (unpaired) electrons. The normalized spacial score (nSPS) is 12.9. The van der Waals surface area contributed by atoms with Crippen molar-refractivity contribution in [1.29, 1.82) is 0 Å². The SMILES string of the molecule is CCN(CCC(=O)OC)CC(C)OC. The van der Waals surface area contributed by atoms with E-state index in [1.165, 1.54) is 7.11 Å². The van der Waals surface area contributed by atoms with E-state index in [1.807, 2.05) is 6.92 Å². The minimum absolute atomic E-state index is 0.159. The Morgan fingerprint density at radius 1 is 1.43 bits per heavy atom. The van der Waals surface area contributed by atoms with Gasteiger partial charge in [0.25, 0.3) is 0 Å². The molecule has 0 saturated carbocycles. The molecule has 14 heavy (non-hydrogen) atoms. The van der Waals surface area contributed by atoms with Gasteiger partial charge in [-0.05, 0) is 13.5 Å². The molecule has 0 rings (SSSR count). The molecule has 0 bridgehead atoms. The minimum Gasteiger partial charge on any atom is -0.469 e. The van der Waals surface area contributed by atoms with E-state index in [1.54, 1.807) is 7.11 Å². The Balaban J connectivity index is 3.73. The molecule has 0 N–H and O–H groups in total. The highest BCUT2D eigenvalue weighted by atomic mass is 16.5. The van der Waals surface area contributed by atoms with E-state index in [9.17, 15) is 4.79 Å². The number of hydrogen-bond acceptors (Lipinski definition) is 4. The van der Waals surface area contributed by atoms with Gasteiger partial charge in [-0.1, -0.05) is 6.92 Å². The van der Waals surface area contributed by atoms with Crippen molar-refractivity contribution >= 4 is 5.97 Å². The van der Waals surface area contributed by atoms with E-state index in [0.29, 0.717) is 6.42 Å². The lowest BCUT2D eigenvalue weighted by Gasteiger charge is -2.22. The maximum atomic E-state index is 10.9. The lowest BCUT2D eigenvalue weighted by atomic mass is 10.3. The fourth-order valence-electron chi connectivity index (χ4n) is 1.17. The van der Waals surface area contributed by atoms with Crippen LogP contribution in [0.2, 0.25) is 0 Å². The Hall–Kier alpha value is -0.610. The largest absolute Gasteiger partial charge is 0.469 e. The summed E-state index contributed by atoms with van der Waals surface area (Å²) in [4.78, 5) is 13.1. The summed E-state index contributed by atoms with van der Waals surface area (Å²) in [5, 5.41) is 0. The highest BCUT2D eigenvalue weighted by Crippen LogP contribution is 1.97. The van der Waals surface area contributed by atoms with Crippen LogP contribution in [0.25, 0.3) is 0 Å². The van der Waals surface area contributed by atoms with Crippen molar-refractivity contribution in [2.75, 3.05) is 33.9 Å². The van der Waals surface area contributed by atoms with Crippen molar-refractivity contribution in [3.05, 3.63) is 0 Å². The van der Waals surface area contributed by atoms with E-state index in [2.05, 4.69) is 16.6 Å². The van der Waals surface area contributed by atoms with Crippen LogP contribution in [0.5, 0.6) is 0 Å². The fourth-order valence-corrected chi connectivity index (χ4v) is 1.17. The van der Waals surface area contributed by atoms with Crippen LogP contribution in [0.15, 0.2) is 0 Å². The molecule has 0 saturated heterocycles. The Morgan fingerprint density at radius 3 is 2.50 bits per heavy atom. The molecule has 0 aromatic heterocycles. The van der Waals surface area contributed by atoms with Crippen molar-refractivity contribution < 1.29 is 14.3 Å². The van der Waals surface area contributed by atoms with Crippen molar-refractivity contribution in [2.24, 2.45) is 0 Å². The molecular formula is C10H21NO3. The van der Waals surface area contributed by atoms with E-state index in [-0.39, 0.29) is 12.1 Å². The van der Waals surface area contributed by atoms with Crippen LogP contribution < -0.4 is 0 Å². The number of hydrogen-bond donors (Lipinski definition) is 0. The van der Waals surface area contributed by atoms with Gasteiger partial charge in [0.15, 0.2) is 0 Å². The van der Waals surface area contributed by atoms with Gasteiger partial charge in [-0.25, -0.2) is 0 Å². The highest BCUT2D eigenvalue weighted by molar-refractivity contribution is 5.69. The monoisotopic (exact) mass is 203 g/mol. The standard InChI is InChI=1S/C10H21NO3/c1-5-11(8-9(2)13-3)7-6-10(12)14-4/h9H,5-8H2,1-4H3. The third-order valence-electron chi connectivity index (χ3n) is 2.22. The molecule has 0 fully saturated rings. The first kappa shape index (κ1) is 13.4. The molecule has 0 aromatic rings. The van der Waals surface area contributed by atoms with E-state index >= 15 is 0 Å². The van der Waals surface area contributed by atoms with Crippen LogP contribution in [-0.4, -0.2) is 50.8 Å². The summed E-state index contributed by atoms with van der Waals surface area (Å²) in [5.41, 5.74) is 0. The first-order valence-electron chi connectivity index (χ1n) is 4.96. The average Bonchev–Trinajstić information content (AvgIpc) is 2.22. The van der Waals surface area contributed by atoms with Gasteiger partial charge in [0.05, 0.1) is 19.6 Å². The zero-order chi connectivity index (χ0) is 11.0. The smallest absolute Gasteiger partial charge is 0.306 e. The predicted octanol–water partition coefficient (Wildman–Crippen LogP) is 0.906. The molecule has 1 atom stereocenters. The number of nitrogens with zero attached hydrogens (tertiary/aromatic N) is 1. The Kier molecular flexibility index (Phi) is 7.42. The molecule has 4 nitrogen and oxygen atoms in total. The molecule has 0 aromatic carbocycles. The fraction of sp³-hybridized carbons (Fsp3) is 0.900. The number of ether oxygens (including phenoxy) is 2. The van der Waals surface area contributed by atoms with E-state index in [0.717, 1.165) is 19.6 Å². The second kappa shape index (κ2) is 7.76. The summed E-state index contributed by atoms with van der Waals surface area (Å²) in [6.45, 7) is 6.59. The highest BCUT2D eigenvalue weighted by Gasteiger charge is 2.09. The minimum atomic E-state index is -0.159. The van der Waals surface area contributed by atoms with Crippen molar-refractivity contribution in [3.8, 4) is 0 Å². The lowest BCUT2D eigenvalue weighted by molar-refractivity contribution is -0.141. The summed E-state index contributed by atoms with van der Waals surface area (Å²) in [6.07, 6.45) is 0.647. The van der Waals surface area contributed by atoms with Gasteiger partial charge in [-0.2, -0.15) is 0 Å². The number of esters is 1. The quantitative estimate of drug-likeness (QED) is 0.576. The maximum absolute atomic E-state index is 10.9. The van der Waals surface area contributed by atoms with Gasteiger partial charge in [-0.15, -0.1) is 0 Å². The van der Waals surface area contributed by atoms with Gasteiger partial charge in [0.1, 0.15) is 0 Å². The van der Waals surface area contributed by atoms with Crippen molar-refractivity contribution in [3.63, 3.8) is 0 Å². The molecule has 0 spiro atoms. The molecular weight excluding hydrogens is 182 g/mol. The summed E-state index contributed by atoms with van der Waals surface area (Å²) < 4.78 is 9.74. The number of carbonyl (C=O) groups is 1. The Morgan fingerprint density at radius 2 is 2.07 bits per heavy atom. The van der Waals surface area contributed by atoms with Crippen LogP contribution in [0.4, 0.5) is 0 Å². The zero-order valence-corrected chi connectivity index (χ0v) is 9.58. The number of rotatable bonds is 7. The first-order valence-corrected chi connectivity index (χ1v) is 4.96. The summed E-state index contributed by atoms with van der Waals surface area (Å²) >= 11 is 0. The average molecular weight is 203 g/mol. The second-order valence-corrected chi connectivity index (χ2v) is 3.27. The lowest BCUT2D eigenvalue weighted by Crippen LogP contribution is -2.33. The van der Waals surface area contributed by atoms with Gasteiger partial charge >= 0.3 is 5.97 Å². The second-order valence-electron chi connectivity index (χ2n) is 3.27. The van der Waals surface area contributed by atoms with Crippen LogP contribution in [0, 0.1) is 0 Å². The number of methoxy groups -OCH3 is 2. The molecule has 84 valence electrons. The van der Waals surface area contributed by atoms with Gasteiger partial charge in [-0.3, -0.25) is 4.79 Å². The summed E-state index contributed by atoms with van der Waals surface area (Å²) in [6, 6.07) is 0. The topological polar surface area (TPSA) is 38.8 Å². The third kappa shape index (κ3) is 5.94. The first-order chi connectivity index (χ1) is 6.63. The Labute approximate surface area is 86.2 Å². The van der Waals surface area contributed by atoms with Crippen molar-refractivity contribution in [1.82, 2.24) is 4.90 Å². The zero-order valence-electron chi connectivity index (χ0n) is 9.58. The number of likely N-dealkylation sites (N-methyl/N-ethyl adjacent to an activating group) is 1. The molecule has 0 aliphatic heterocycles. The molecule has 0 aliphatic carbocycles. The van der Waals surface area contributed by atoms with Crippen LogP contribution >= 0.6 is 0 Å². The molecule has 0 heterocycles. The van der Waals surface area contributed by atoms with Gasteiger partial charge in [0.2, 0.25) is 0 Å². The number of carbonyl (C=O) groups excluding carboxylic acids is 1. The maximum Gasteiger partial charge on any atom is 0.306 e. The predicted molar refractivity (Wildman–Crippen MR) is 55.2 cm³/mol. The Bertz CT molecular complexity index is 161. The van der Waals surface area contributed by atoms with E-state index < -0.39 is 0 Å². The van der Waals surface area contributed by atoms with Gasteiger partial charge in [0, 0.05) is 20.2 Å². The van der Waals surface area contributed by atoms with Crippen LogP contribution in [-0.2, 0) is 14.3 Å². The molecule has 4 heteroatoms. The van der Waals surface area contributed by atoms with Crippen LogP contribution in [0.3, 0.4) is 0 Å². The van der Waals surface area contributed by atoms with E-state index in [4.69, 9.17) is 4.74 Å². The summed E-state index contributed by atoms with van der Waals surface area (Å²) in [5.74, 6) is -0.159. The third-order valence-corrected chi connectivity index (χ3v) is 2.22. The van der Waals surface area contributed by atoms with Crippen molar-refractivity contribution in [2.45, 2.75) is 26.4 Å². The van der Waals surface area contributed by atoms with Gasteiger partial charge < -0.3 is 14.4 Å². The molecule has 1 unspecified atom stereocenters. The molecule has 0 amide bonds. The summed E-state index contributed by atoms with van der Waals surface area (Å²) in [7, 11) is 3.11. The molecule has 0 aliphatic rings. The van der Waals surface area contributed by atoms with Crippen LogP contribution in [0.1, 0.15) is 20.3 Å².